The third kappa shape index (κ3) is 3.52. The maximum atomic E-state index is 14.1. The van der Waals surface area contributed by atoms with Gasteiger partial charge in [0.2, 0.25) is 0 Å². The highest BCUT2D eigenvalue weighted by atomic mass is 19.1. The van der Waals surface area contributed by atoms with Crippen LogP contribution in [0.15, 0.2) is 12.7 Å². The van der Waals surface area contributed by atoms with Crippen LogP contribution in [0.4, 0.5) is 10.2 Å². The van der Waals surface area contributed by atoms with Crippen LogP contribution in [0.25, 0.3) is 0 Å². The van der Waals surface area contributed by atoms with Crippen LogP contribution in [0.3, 0.4) is 0 Å². The summed E-state index contributed by atoms with van der Waals surface area (Å²) in [4.78, 5) is 7.86. The average molecular weight is 294 g/mol. The first-order chi connectivity index (χ1) is 10.2. The summed E-state index contributed by atoms with van der Waals surface area (Å²) < 4.78 is 21.0. The Kier molecular flexibility index (Phi) is 5.15. The number of nitrogens with zero attached hydrogens (tertiary/aromatic N) is 5. The molecule has 114 valence electrons. The van der Waals surface area contributed by atoms with Crippen molar-refractivity contribution in [2.75, 3.05) is 19.0 Å². The van der Waals surface area contributed by atoms with E-state index in [1.54, 1.807) is 13.4 Å². The van der Waals surface area contributed by atoms with Crippen LogP contribution in [0, 0.1) is 5.82 Å². The van der Waals surface area contributed by atoms with Gasteiger partial charge in [-0.05, 0) is 13.3 Å². The topological polar surface area (TPSA) is 77.8 Å². The van der Waals surface area contributed by atoms with E-state index in [0.29, 0.717) is 31.1 Å². The van der Waals surface area contributed by atoms with E-state index in [2.05, 4.69) is 25.5 Å². The van der Waals surface area contributed by atoms with E-state index >= 15 is 0 Å². The predicted octanol–water partition coefficient (Wildman–Crippen LogP) is 1.59. The summed E-state index contributed by atoms with van der Waals surface area (Å²) in [7, 11) is 1.63. The first kappa shape index (κ1) is 15.3. The van der Waals surface area contributed by atoms with E-state index < -0.39 is 5.82 Å². The molecule has 2 aromatic rings. The highest BCUT2D eigenvalue weighted by Gasteiger charge is 2.17. The van der Waals surface area contributed by atoms with Gasteiger partial charge >= 0.3 is 0 Å². The van der Waals surface area contributed by atoms with Crippen molar-refractivity contribution in [3.8, 4) is 0 Å². The lowest BCUT2D eigenvalue weighted by Gasteiger charge is -2.16. The SMILES string of the molecule is CCc1ncnc(NC(C)c2nncn2CCOC)c1F. The number of halogens is 1. The van der Waals surface area contributed by atoms with Crippen LogP contribution in [0.5, 0.6) is 0 Å². The molecule has 2 rings (SSSR count). The molecule has 8 heteroatoms. The lowest BCUT2D eigenvalue weighted by molar-refractivity contribution is 0.186. The zero-order valence-electron chi connectivity index (χ0n) is 12.4. The van der Waals surface area contributed by atoms with Gasteiger partial charge in [-0.15, -0.1) is 10.2 Å². The Hall–Kier alpha value is -2.09. The molecule has 2 heterocycles. The summed E-state index contributed by atoms with van der Waals surface area (Å²) in [6.07, 6.45) is 3.49. The highest BCUT2D eigenvalue weighted by Crippen LogP contribution is 2.19. The molecule has 0 aliphatic carbocycles. The Balaban J connectivity index is 2.15. The van der Waals surface area contributed by atoms with Crippen LogP contribution < -0.4 is 5.32 Å². The third-order valence-electron chi connectivity index (χ3n) is 3.12. The van der Waals surface area contributed by atoms with Crippen molar-refractivity contribution in [2.45, 2.75) is 32.9 Å². The largest absolute Gasteiger partial charge is 0.383 e. The molecule has 0 radical (unpaired) electrons. The summed E-state index contributed by atoms with van der Waals surface area (Å²) in [6, 6.07) is -0.238. The predicted molar refractivity (Wildman–Crippen MR) is 75.3 cm³/mol. The fourth-order valence-corrected chi connectivity index (χ4v) is 1.98. The number of methoxy groups -OCH3 is 1. The molecule has 0 bridgehead atoms. The average Bonchev–Trinajstić information content (AvgIpc) is 2.95. The Morgan fingerprint density at radius 1 is 1.43 bits per heavy atom. The minimum Gasteiger partial charge on any atom is -0.383 e. The molecular formula is C13H19FN6O. The number of anilines is 1. The molecule has 0 aliphatic heterocycles. The molecule has 0 saturated carbocycles. The summed E-state index contributed by atoms with van der Waals surface area (Å²) in [5.74, 6) is 0.452. The van der Waals surface area contributed by atoms with Gasteiger partial charge < -0.3 is 14.6 Å². The van der Waals surface area contributed by atoms with Gasteiger partial charge in [0.15, 0.2) is 17.5 Å². The number of aromatic nitrogens is 5. The van der Waals surface area contributed by atoms with Crippen molar-refractivity contribution in [1.82, 2.24) is 24.7 Å². The zero-order chi connectivity index (χ0) is 15.2. The van der Waals surface area contributed by atoms with Crippen molar-refractivity contribution >= 4 is 5.82 Å². The van der Waals surface area contributed by atoms with Gasteiger partial charge in [-0.2, -0.15) is 0 Å². The van der Waals surface area contributed by atoms with E-state index in [1.807, 2.05) is 18.4 Å². The molecule has 7 nitrogen and oxygen atoms in total. The van der Waals surface area contributed by atoms with Crippen LogP contribution in [-0.2, 0) is 17.7 Å². The summed E-state index contributed by atoms with van der Waals surface area (Å²) in [5, 5.41) is 11.0. The maximum absolute atomic E-state index is 14.1. The normalized spacial score (nSPS) is 12.4. The number of ether oxygens (including phenoxy) is 1. The Labute approximate surface area is 122 Å². The van der Waals surface area contributed by atoms with Gasteiger partial charge in [-0.3, -0.25) is 0 Å². The first-order valence-corrected chi connectivity index (χ1v) is 6.79. The van der Waals surface area contributed by atoms with Crippen LogP contribution in [-0.4, -0.2) is 38.4 Å². The number of nitrogens with one attached hydrogen (secondary N) is 1. The van der Waals surface area contributed by atoms with Gasteiger partial charge in [0.05, 0.1) is 18.3 Å². The molecule has 2 aromatic heterocycles. The van der Waals surface area contributed by atoms with Gasteiger partial charge in [-0.25, -0.2) is 14.4 Å². The second-order valence-electron chi connectivity index (χ2n) is 4.58. The molecule has 1 atom stereocenters. The number of aryl methyl sites for hydroxylation is 1. The van der Waals surface area contributed by atoms with E-state index in [-0.39, 0.29) is 11.9 Å². The number of rotatable bonds is 7. The Bertz CT molecular complexity index is 588. The minimum atomic E-state index is -0.421. The molecule has 0 amide bonds. The molecule has 0 fully saturated rings. The van der Waals surface area contributed by atoms with Crippen LogP contribution in [0.1, 0.15) is 31.4 Å². The zero-order valence-corrected chi connectivity index (χ0v) is 12.4. The molecule has 0 saturated heterocycles. The third-order valence-corrected chi connectivity index (χ3v) is 3.12. The molecule has 0 aromatic carbocycles. The van der Waals surface area contributed by atoms with Crippen LogP contribution >= 0.6 is 0 Å². The second-order valence-corrected chi connectivity index (χ2v) is 4.58. The standard InChI is InChI=1S/C13H19FN6O/c1-4-10-11(14)12(16-7-15-10)18-9(2)13-19-17-8-20(13)5-6-21-3/h7-9H,4-6H2,1-3H3,(H,15,16,18). The smallest absolute Gasteiger partial charge is 0.186 e. The van der Waals surface area contributed by atoms with Crippen LogP contribution in [0.2, 0.25) is 0 Å². The monoisotopic (exact) mass is 294 g/mol. The van der Waals surface area contributed by atoms with Crippen molar-refractivity contribution in [1.29, 1.82) is 0 Å². The summed E-state index contributed by atoms with van der Waals surface area (Å²) in [6.45, 7) is 4.91. The Morgan fingerprint density at radius 3 is 2.95 bits per heavy atom. The second kappa shape index (κ2) is 7.07. The van der Waals surface area contributed by atoms with E-state index in [1.165, 1.54) is 6.33 Å². The first-order valence-electron chi connectivity index (χ1n) is 6.79. The minimum absolute atomic E-state index is 0.177. The van der Waals surface area contributed by atoms with E-state index in [4.69, 9.17) is 4.74 Å². The van der Waals surface area contributed by atoms with Gasteiger partial charge in [0, 0.05) is 13.7 Å². The molecule has 0 spiro atoms. The lowest BCUT2D eigenvalue weighted by Crippen LogP contribution is -2.17. The van der Waals surface area contributed by atoms with E-state index in [9.17, 15) is 4.39 Å². The maximum Gasteiger partial charge on any atom is 0.186 e. The molecule has 21 heavy (non-hydrogen) atoms. The van der Waals surface area contributed by atoms with Gasteiger partial charge in [-0.1, -0.05) is 6.92 Å². The fraction of sp³-hybridized carbons (Fsp3) is 0.538. The fourth-order valence-electron chi connectivity index (χ4n) is 1.98. The number of hydrogen-bond acceptors (Lipinski definition) is 6. The lowest BCUT2D eigenvalue weighted by atomic mass is 10.2. The van der Waals surface area contributed by atoms with Gasteiger partial charge in [0.25, 0.3) is 0 Å². The van der Waals surface area contributed by atoms with Crippen molar-refractivity contribution in [3.05, 3.63) is 30.0 Å². The summed E-state index contributed by atoms with van der Waals surface area (Å²) in [5.41, 5.74) is 0.389. The molecule has 1 unspecified atom stereocenters. The highest BCUT2D eigenvalue weighted by molar-refractivity contribution is 5.38. The molecule has 1 N–H and O–H groups in total. The van der Waals surface area contributed by atoms with Gasteiger partial charge in [0.1, 0.15) is 12.7 Å². The quantitative estimate of drug-likeness (QED) is 0.835. The number of hydrogen-bond donors (Lipinski definition) is 1. The summed E-state index contributed by atoms with van der Waals surface area (Å²) >= 11 is 0. The van der Waals surface area contributed by atoms with Crippen molar-refractivity contribution in [2.24, 2.45) is 0 Å². The Morgan fingerprint density at radius 2 is 2.24 bits per heavy atom. The van der Waals surface area contributed by atoms with Crippen molar-refractivity contribution in [3.63, 3.8) is 0 Å². The molecule has 0 aliphatic rings. The van der Waals surface area contributed by atoms with E-state index in [0.717, 1.165) is 0 Å². The molecular weight excluding hydrogens is 275 g/mol. The van der Waals surface area contributed by atoms with Crippen molar-refractivity contribution < 1.29 is 9.13 Å².